The zero-order valence-electron chi connectivity index (χ0n) is 15.6. The van der Waals surface area contributed by atoms with Gasteiger partial charge in [-0.2, -0.15) is 0 Å². The van der Waals surface area contributed by atoms with Gasteiger partial charge in [-0.05, 0) is 17.7 Å². The molecule has 1 unspecified atom stereocenters. The number of nitrogens with two attached hydrogens (primary N) is 1. The van der Waals surface area contributed by atoms with Gasteiger partial charge in [-0.3, -0.25) is 14.4 Å². The van der Waals surface area contributed by atoms with Crippen LogP contribution in [-0.4, -0.2) is 30.8 Å². The molecule has 5 N–H and O–H groups in total. The molecule has 3 amide bonds. The Morgan fingerprint density at radius 2 is 1.64 bits per heavy atom. The molecular weight excluding hydrogens is 380 g/mol. The van der Waals surface area contributed by atoms with E-state index in [4.69, 9.17) is 5.73 Å². The number of rotatable bonds is 8. The molecule has 0 aliphatic rings. The van der Waals surface area contributed by atoms with Gasteiger partial charge in [0, 0.05) is 20.0 Å². The molecule has 150 valence electrons. The molecule has 2 aromatic carbocycles. The molecule has 0 spiro atoms. The predicted molar refractivity (Wildman–Crippen MR) is 111 cm³/mol. The summed E-state index contributed by atoms with van der Waals surface area (Å²) < 4.78 is 0. The molecule has 7 nitrogen and oxygen atoms in total. The first-order valence-corrected chi connectivity index (χ1v) is 8.70. The van der Waals surface area contributed by atoms with Gasteiger partial charge < -0.3 is 21.7 Å². The van der Waals surface area contributed by atoms with E-state index in [1.807, 2.05) is 30.3 Å². The highest BCUT2D eigenvalue weighted by Crippen LogP contribution is 2.20. The summed E-state index contributed by atoms with van der Waals surface area (Å²) in [5.74, 6) is -0.840. The second kappa shape index (κ2) is 11.7. The Hall–Kier alpha value is -2.90. The van der Waals surface area contributed by atoms with Crippen LogP contribution in [0.15, 0.2) is 54.6 Å². The molecule has 8 heteroatoms. The average molecular weight is 405 g/mol. The van der Waals surface area contributed by atoms with Gasteiger partial charge in [-0.25, -0.2) is 0 Å². The number of benzene rings is 2. The van der Waals surface area contributed by atoms with Crippen LogP contribution in [0.4, 0.5) is 5.69 Å². The number of para-hydroxylation sites is 1. The Balaban J connectivity index is 0.00000392. The van der Waals surface area contributed by atoms with Crippen molar-refractivity contribution in [3.8, 4) is 0 Å². The molecule has 0 aromatic heterocycles. The molecule has 1 atom stereocenters. The standard InChI is InChI=1S/C20H24N4O3.ClH/c1-14(25)23-18(15-7-3-2-4-8-15)13-19(26)24-17-10-6-5-9-16(17)20(27)22-12-11-21;/h2-10,18H,11-13,21H2,1H3,(H,22,27)(H,23,25)(H,24,26);1H. The fourth-order valence-corrected chi connectivity index (χ4v) is 2.64. The predicted octanol–water partition coefficient (Wildman–Crippen LogP) is 2.00. The van der Waals surface area contributed by atoms with Crippen molar-refractivity contribution >= 4 is 35.8 Å². The van der Waals surface area contributed by atoms with Crippen LogP contribution in [0.1, 0.15) is 35.3 Å². The molecule has 0 fully saturated rings. The van der Waals surface area contributed by atoms with Gasteiger partial charge in [0.2, 0.25) is 11.8 Å². The first-order chi connectivity index (χ1) is 13.0. The van der Waals surface area contributed by atoms with E-state index in [9.17, 15) is 14.4 Å². The Kier molecular flexibility index (Phi) is 9.70. The summed E-state index contributed by atoms with van der Waals surface area (Å²) in [6.45, 7) is 2.08. The fraction of sp³-hybridized carbons (Fsp3) is 0.250. The van der Waals surface area contributed by atoms with E-state index in [0.717, 1.165) is 5.56 Å². The summed E-state index contributed by atoms with van der Waals surface area (Å²) in [6.07, 6.45) is 0.0440. The van der Waals surface area contributed by atoms with E-state index in [1.54, 1.807) is 24.3 Å². The summed E-state index contributed by atoms with van der Waals surface area (Å²) in [6, 6.07) is 15.5. The molecule has 0 bridgehead atoms. The van der Waals surface area contributed by atoms with E-state index >= 15 is 0 Å². The molecule has 0 saturated carbocycles. The van der Waals surface area contributed by atoms with Gasteiger partial charge in [-0.1, -0.05) is 42.5 Å². The molecule has 2 aromatic rings. The number of carbonyl (C=O) groups excluding carboxylic acids is 3. The first-order valence-electron chi connectivity index (χ1n) is 8.70. The Morgan fingerprint density at radius 1 is 1.00 bits per heavy atom. The van der Waals surface area contributed by atoms with E-state index in [0.29, 0.717) is 24.3 Å². The van der Waals surface area contributed by atoms with Crippen LogP contribution in [0.3, 0.4) is 0 Å². The van der Waals surface area contributed by atoms with E-state index < -0.39 is 6.04 Å². The molecule has 0 saturated heterocycles. The summed E-state index contributed by atoms with van der Waals surface area (Å²) in [5.41, 5.74) is 7.00. The van der Waals surface area contributed by atoms with Crippen molar-refractivity contribution in [3.05, 3.63) is 65.7 Å². The average Bonchev–Trinajstić information content (AvgIpc) is 2.66. The number of halogens is 1. The van der Waals surface area contributed by atoms with E-state index in [2.05, 4.69) is 16.0 Å². The number of hydrogen-bond donors (Lipinski definition) is 4. The molecule has 0 aliphatic carbocycles. The van der Waals surface area contributed by atoms with Crippen molar-refractivity contribution in [1.82, 2.24) is 10.6 Å². The fourth-order valence-electron chi connectivity index (χ4n) is 2.64. The monoisotopic (exact) mass is 404 g/mol. The minimum Gasteiger partial charge on any atom is -0.351 e. The second-order valence-electron chi connectivity index (χ2n) is 6.01. The third-order valence-electron chi connectivity index (χ3n) is 3.84. The van der Waals surface area contributed by atoms with Crippen LogP contribution in [-0.2, 0) is 9.59 Å². The molecule has 2 rings (SSSR count). The van der Waals surface area contributed by atoms with Crippen LogP contribution in [0.25, 0.3) is 0 Å². The highest BCUT2D eigenvalue weighted by atomic mass is 35.5. The zero-order valence-corrected chi connectivity index (χ0v) is 16.4. The van der Waals surface area contributed by atoms with Gasteiger partial charge >= 0.3 is 0 Å². The topological polar surface area (TPSA) is 113 Å². The minimum absolute atomic E-state index is 0. The minimum atomic E-state index is -0.457. The SMILES string of the molecule is CC(=O)NC(CC(=O)Nc1ccccc1C(=O)NCCN)c1ccccc1.Cl. The highest BCUT2D eigenvalue weighted by Gasteiger charge is 2.19. The largest absolute Gasteiger partial charge is 0.351 e. The van der Waals surface area contributed by atoms with Crippen molar-refractivity contribution in [1.29, 1.82) is 0 Å². The molecular formula is C20H25ClN4O3. The van der Waals surface area contributed by atoms with Gasteiger partial charge in [0.05, 0.1) is 23.7 Å². The second-order valence-corrected chi connectivity index (χ2v) is 6.01. The van der Waals surface area contributed by atoms with Crippen molar-refractivity contribution in [2.24, 2.45) is 5.73 Å². The van der Waals surface area contributed by atoms with Gasteiger partial charge in [0.1, 0.15) is 0 Å². The number of carbonyl (C=O) groups is 3. The normalized spacial score (nSPS) is 10.9. The maximum atomic E-state index is 12.6. The van der Waals surface area contributed by atoms with Crippen molar-refractivity contribution < 1.29 is 14.4 Å². The summed E-state index contributed by atoms with van der Waals surface area (Å²) >= 11 is 0. The molecule has 0 heterocycles. The lowest BCUT2D eigenvalue weighted by atomic mass is 10.0. The lowest BCUT2D eigenvalue weighted by Crippen LogP contribution is -2.31. The van der Waals surface area contributed by atoms with Crippen LogP contribution in [0, 0.1) is 0 Å². The van der Waals surface area contributed by atoms with E-state index in [-0.39, 0.29) is 36.5 Å². The van der Waals surface area contributed by atoms with Crippen LogP contribution in [0.2, 0.25) is 0 Å². The maximum Gasteiger partial charge on any atom is 0.253 e. The van der Waals surface area contributed by atoms with Gasteiger partial charge in [0.15, 0.2) is 0 Å². The third kappa shape index (κ3) is 7.02. The summed E-state index contributed by atoms with van der Waals surface area (Å²) in [4.78, 5) is 36.3. The highest BCUT2D eigenvalue weighted by molar-refractivity contribution is 6.03. The Morgan fingerprint density at radius 3 is 2.29 bits per heavy atom. The number of hydrogen-bond acceptors (Lipinski definition) is 4. The first kappa shape index (κ1) is 23.1. The maximum absolute atomic E-state index is 12.6. The lowest BCUT2D eigenvalue weighted by molar-refractivity contribution is -0.120. The Labute approximate surface area is 170 Å². The van der Waals surface area contributed by atoms with Crippen molar-refractivity contribution in [2.45, 2.75) is 19.4 Å². The van der Waals surface area contributed by atoms with Crippen LogP contribution < -0.4 is 21.7 Å². The van der Waals surface area contributed by atoms with Gasteiger partial charge in [0.25, 0.3) is 5.91 Å². The molecule has 0 radical (unpaired) electrons. The molecule has 28 heavy (non-hydrogen) atoms. The van der Waals surface area contributed by atoms with Crippen LogP contribution in [0.5, 0.6) is 0 Å². The summed E-state index contributed by atoms with van der Waals surface area (Å²) in [7, 11) is 0. The zero-order chi connectivity index (χ0) is 19.6. The quantitative estimate of drug-likeness (QED) is 0.538. The van der Waals surface area contributed by atoms with Gasteiger partial charge in [-0.15, -0.1) is 12.4 Å². The Bertz CT molecular complexity index is 799. The van der Waals surface area contributed by atoms with Crippen molar-refractivity contribution in [2.75, 3.05) is 18.4 Å². The summed E-state index contributed by atoms with van der Waals surface area (Å²) in [5, 5.41) is 8.23. The van der Waals surface area contributed by atoms with Crippen molar-refractivity contribution in [3.63, 3.8) is 0 Å². The third-order valence-corrected chi connectivity index (χ3v) is 3.84. The molecule has 0 aliphatic heterocycles. The van der Waals surface area contributed by atoms with E-state index in [1.165, 1.54) is 6.92 Å². The van der Waals surface area contributed by atoms with Crippen LogP contribution >= 0.6 is 12.4 Å². The lowest BCUT2D eigenvalue weighted by Gasteiger charge is -2.18. The number of anilines is 1. The number of amides is 3. The smallest absolute Gasteiger partial charge is 0.253 e. The number of nitrogens with one attached hydrogen (secondary N) is 3.